The van der Waals surface area contributed by atoms with E-state index in [1.54, 1.807) is 25.1 Å². The summed E-state index contributed by atoms with van der Waals surface area (Å²) in [5.41, 5.74) is 6.66. The lowest BCUT2D eigenvalue weighted by Gasteiger charge is -2.23. The SMILES string of the molecule is COc1ccc(NC(=O)C(C)N(CC#N)CC#N)c(N)c1. The van der Waals surface area contributed by atoms with Crippen molar-refractivity contribution >= 4 is 17.3 Å². The van der Waals surface area contributed by atoms with Crippen molar-refractivity contribution in [1.82, 2.24) is 4.90 Å². The average molecular weight is 287 g/mol. The van der Waals surface area contributed by atoms with Crippen LogP contribution in [0.5, 0.6) is 5.75 Å². The van der Waals surface area contributed by atoms with Gasteiger partial charge in [0.2, 0.25) is 5.91 Å². The van der Waals surface area contributed by atoms with Crippen LogP contribution in [-0.2, 0) is 4.79 Å². The van der Waals surface area contributed by atoms with Gasteiger partial charge in [0.1, 0.15) is 5.75 Å². The molecule has 0 fully saturated rings. The highest BCUT2D eigenvalue weighted by atomic mass is 16.5. The van der Waals surface area contributed by atoms with Crippen LogP contribution >= 0.6 is 0 Å². The molecule has 21 heavy (non-hydrogen) atoms. The Hall–Kier alpha value is -2.77. The van der Waals surface area contributed by atoms with E-state index in [1.165, 1.54) is 12.0 Å². The van der Waals surface area contributed by atoms with Gasteiger partial charge in [-0.3, -0.25) is 9.69 Å². The van der Waals surface area contributed by atoms with Crippen LogP contribution in [0, 0.1) is 22.7 Å². The number of nitrogen functional groups attached to an aromatic ring is 1. The van der Waals surface area contributed by atoms with Gasteiger partial charge in [0.05, 0.1) is 49.8 Å². The van der Waals surface area contributed by atoms with E-state index in [2.05, 4.69) is 5.32 Å². The quantitative estimate of drug-likeness (QED) is 0.594. The minimum atomic E-state index is -0.620. The van der Waals surface area contributed by atoms with Crippen LogP contribution in [0.3, 0.4) is 0 Å². The number of nitrogens with two attached hydrogens (primary N) is 1. The lowest BCUT2D eigenvalue weighted by molar-refractivity contribution is -0.120. The van der Waals surface area contributed by atoms with Crippen molar-refractivity contribution in [3.05, 3.63) is 18.2 Å². The monoisotopic (exact) mass is 287 g/mol. The first-order valence-electron chi connectivity index (χ1n) is 6.25. The number of methoxy groups -OCH3 is 1. The zero-order valence-electron chi connectivity index (χ0n) is 12.0. The van der Waals surface area contributed by atoms with Crippen LogP contribution in [0.4, 0.5) is 11.4 Å². The lowest BCUT2D eigenvalue weighted by Crippen LogP contribution is -2.42. The minimum Gasteiger partial charge on any atom is -0.497 e. The molecule has 1 atom stereocenters. The maximum Gasteiger partial charge on any atom is 0.241 e. The molecule has 0 aromatic heterocycles. The summed E-state index contributed by atoms with van der Waals surface area (Å²) in [4.78, 5) is 13.6. The molecule has 0 aliphatic rings. The summed E-state index contributed by atoms with van der Waals surface area (Å²) in [5.74, 6) is 0.256. The first kappa shape index (κ1) is 16.3. The zero-order chi connectivity index (χ0) is 15.8. The molecule has 0 saturated carbocycles. The Balaban J connectivity index is 2.80. The van der Waals surface area contributed by atoms with Gasteiger partial charge in [0.25, 0.3) is 0 Å². The Morgan fingerprint density at radius 1 is 1.43 bits per heavy atom. The summed E-state index contributed by atoms with van der Waals surface area (Å²) in [6.45, 7) is 1.63. The Bertz CT molecular complexity index is 572. The molecule has 1 unspecified atom stereocenters. The molecule has 7 nitrogen and oxygen atoms in total. The number of hydrogen-bond acceptors (Lipinski definition) is 6. The topological polar surface area (TPSA) is 115 Å². The Morgan fingerprint density at radius 3 is 2.52 bits per heavy atom. The van der Waals surface area contributed by atoms with E-state index in [9.17, 15) is 4.79 Å². The highest BCUT2D eigenvalue weighted by Crippen LogP contribution is 2.24. The summed E-state index contributed by atoms with van der Waals surface area (Å²) < 4.78 is 5.03. The van der Waals surface area contributed by atoms with Gasteiger partial charge in [-0.15, -0.1) is 0 Å². The van der Waals surface area contributed by atoms with Crippen LogP contribution in [0.1, 0.15) is 6.92 Å². The number of carbonyl (C=O) groups is 1. The van der Waals surface area contributed by atoms with Gasteiger partial charge in [-0.05, 0) is 19.1 Å². The van der Waals surface area contributed by atoms with Crippen molar-refractivity contribution in [3.63, 3.8) is 0 Å². The van der Waals surface area contributed by atoms with Crippen molar-refractivity contribution in [1.29, 1.82) is 10.5 Å². The third kappa shape index (κ3) is 4.37. The third-order valence-electron chi connectivity index (χ3n) is 2.99. The van der Waals surface area contributed by atoms with E-state index in [0.717, 1.165) is 0 Å². The van der Waals surface area contributed by atoms with E-state index in [1.807, 2.05) is 12.1 Å². The van der Waals surface area contributed by atoms with E-state index >= 15 is 0 Å². The second-order valence-electron chi connectivity index (χ2n) is 4.34. The molecule has 110 valence electrons. The molecular formula is C14H17N5O2. The van der Waals surface area contributed by atoms with Crippen LogP contribution in [-0.4, -0.2) is 37.0 Å². The number of carbonyl (C=O) groups excluding carboxylic acids is 1. The fourth-order valence-corrected chi connectivity index (χ4v) is 1.70. The Morgan fingerprint density at radius 2 is 2.05 bits per heavy atom. The molecule has 1 aromatic rings. The van der Waals surface area contributed by atoms with Crippen molar-refractivity contribution in [2.45, 2.75) is 13.0 Å². The number of rotatable bonds is 6. The Labute approximate surface area is 123 Å². The van der Waals surface area contributed by atoms with Crippen LogP contribution in [0.2, 0.25) is 0 Å². The molecule has 1 aromatic carbocycles. The number of nitriles is 2. The Kier molecular flexibility index (Phi) is 5.99. The van der Waals surface area contributed by atoms with Crippen molar-refractivity contribution < 1.29 is 9.53 Å². The number of nitrogens with zero attached hydrogens (tertiary/aromatic N) is 3. The molecule has 3 N–H and O–H groups in total. The molecule has 1 amide bonds. The predicted molar refractivity (Wildman–Crippen MR) is 78.3 cm³/mol. The number of nitrogens with one attached hydrogen (secondary N) is 1. The van der Waals surface area contributed by atoms with E-state index in [4.69, 9.17) is 21.0 Å². The fraction of sp³-hybridized carbons (Fsp3) is 0.357. The van der Waals surface area contributed by atoms with E-state index in [-0.39, 0.29) is 19.0 Å². The molecule has 0 bridgehead atoms. The van der Waals surface area contributed by atoms with E-state index in [0.29, 0.717) is 17.1 Å². The van der Waals surface area contributed by atoms with E-state index < -0.39 is 6.04 Å². The third-order valence-corrected chi connectivity index (χ3v) is 2.99. The molecule has 0 heterocycles. The standard InChI is InChI=1S/C14H17N5O2/c1-10(19(7-5-15)8-6-16)14(20)18-13-4-3-11(21-2)9-12(13)17/h3-4,9-10H,7-8,17H2,1-2H3,(H,18,20). The normalized spacial score (nSPS) is 11.3. The summed E-state index contributed by atoms with van der Waals surface area (Å²) in [6.07, 6.45) is 0. The predicted octanol–water partition coefficient (Wildman–Crippen LogP) is 0.954. The second kappa shape index (κ2) is 7.73. The van der Waals surface area contributed by atoms with Crippen molar-refractivity contribution in [3.8, 4) is 17.9 Å². The van der Waals surface area contributed by atoms with Gasteiger partial charge in [-0.1, -0.05) is 0 Å². The highest BCUT2D eigenvalue weighted by Gasteiger charge is 2.21. The smallest absolute Gasteiger partial charge is 0.241 e. The largest absolute Gasteiger partial charge is 0.497 e. The maximum atomic E-state index is 12.2. The van der Waals surface area contributed by atoms with Crippen LogP contribution in [0.25, 0.3) is 0 Å². The van der Waals surface area contributed by atoms with Gasteiger partial charge < -0.3 is 15.8 Å². The highest BCUT2D eigenvalue weighted by molar-refractivity contribution is 5.97. The first-order chi connectivity index (χ1) is 10.0. The lowest BCUT2D eigenvalue weighted by atomic mass is 10.2. The van der Waals surface area contributed by atoms with Crippen molar-refractivity contribution in [2.75, 3.05) is 31.2 Å². The number of benzene rings is 1. The number of amides is 1. The van der Waals surface area contributed by atoms with Crippen LogP contribution in [0.15, 0.2) is 18.2 Å². The van der Waals surface area contributed by atoms with Gasteiger partial charge in [-0.2, -0.15) is 10.5 Å². The molecule has 0 radical (unpaired) electrons. The van der Waals surface area contributed by atoms with Gasteiger partial charge in [0.15, 0.2) is 0 Å². The molecule has 1 rings (SSSR count). The minimum absolute atomic E-state index is 0.000239. The summed E-state index contributed by atoms with van der Waals surface area (Å²) in [6, 6.07) is 8.16. The van der Waals surface area contributed by atoms with Gasteiger partial charge in [0, 0.05) is 6.07 Å². The first-order valence-corrected chi connectivity index (χ1v) is 6.25. The molecule has 0 aliphatic heterocycles. The molecule has 0 spiro atoms. The zero-order valence-corrected chi connectivity index (χ0v) is 12.0. The molecular weight excluding hydrogens is 270 g/mol. The second-order valence-corrected chi connectivity index (χ2v) is 4.34. The van der Waals surface area contributed by atoms with Gasteiger partial charge >= 0.3 is 0 Å². The fourth-order valence-electron chi connectivity index (χ4n) is 1.70. The average Bonchev–Trinajstić information content (AvgIpc) is 2.48. The summed E-state index contributed by atoms with van der Waals surface area (Å²) in [7, 11) is 1.52. The maximum absolute atomic E-state index is 12.2. The number of ether oxygens (including phenoxy) is 1. The number of anilines is 2. The summed E-state index contributed by atoms with van der Waals surface area (Å²) in [5, 5.41) is 20.1. The molecule has 0 saturated heterocycles. The van der Waals surface area contributed by atoms with Crippen molar-refractivity contribution in [2.24, 2.45) is 0 Å². The number of hydrogen-bond donors (Lipinski definition) is 2. The molecule has 0 aliphatic carbocycles. The molecule has 7 heteroatoms. The van der Waals surface area contributed by atoms with Gasteiger partial charge in [-0.25, -0.2) is 0 Å². The van der Waals surface area contributed by atoms with Crippen LogP contribution < -0.4 is 15.8 Å². The summed E-state index contributed by atoms with van der Waals surface area (Å²) >= 11 is 0.